The molecule has 0 fully saturated rings. The molecule has 0 unspecified atom stereocenters. The van der Waals surface area contributed by atoms with E-state index in [0.29, 0.717) is 6.42 Å². The molecule has 0 aromatic carbocycles. The highest BCUT2D eigenvalue weighted by molar-refractivity contribution is 5.90. The first-order valence-corrected chi connectivity index (χ1v) is 4.11. The van der Waals surface area contributed by atoms with E-state index in [1.807, 2.05) is 6.08 Å². The Balaban J connectivity index is 3.29. The van der Waals surface area contributed by atoms with Gasteiger partial charge in [-0.1, -0.05) is 38.5 Å². The topological polar surface area (TPSA) is 17.1 Å². The molecular formula is C10H16O. The molecule has 0 aliphatic heterocycles. The van der Waals surface area contributed by atoms with Crippen LogP contribution in [0.4, 0.5) is 0 Å². The van der Waals surface area contributed by atoms with Crippen LogP contribution in [0.15, 0.2) is 24.8 Å². The first-order valence-electron chi connectivity index (χ1n) is 4.11. The number of unbranched alkanes of at least 4 members (excludes halogenated alkanes) is 2. The van der Waals surface area contributed by atoms with Crippen molar-refractivity contribution in [2.75, 3.05) is 0 Å². The van der Waals surface area contributed by atoms with Gasteiger partial charge in [-0.05, 0) is 12.5 Å². The van der Waals surface area contributed by atoms with E-state index in [2.05, 4.69) is 19.6 Å². The van der Waals surface area contributed by atoms with E-state index in [1.165, 1.54) is 18.9 Å². The second-order valence-corrected chi connectivity index (χ2v) is 2.49. The van der Waals surface area contributed by atoms with Crippen LogP contribution in [-0.2, 0) is 4.79 Å². The number of carbonyl (C=O) groups is 1. The summed E-state index contributed by atoms with van der Waals surface area (Å²) in [7, 11) is 0. The van der Waals surface area contributed by atoms with Gasteiger partial charge in [0.1, 0.15) is 0 Å². The normalized spacial score (nSPS) is 10.3. The van der Waals surface area contributed by atoms with Crippen molar-refractivity contribution in [3.63, 3.8) is 0 Å². The van der Waals surface area contributed by atoms with Crippen LogP contribution in [0.5, 0.6) is 0 Å². The molecule has 0 spiro atoms. The predicted molar refractivity (Wildman–Crippen MR) is 48.5 cm³/mol. The predicted octanol–water partition coefficient (Wildman–Crippen LogP) is 2.88. The Morgan fingerprint density at radius 1 is 1.45 bits per heavy atom. The molecule has 0 aromatic heterocycles. The van der Waals surface area contributed by atoms with E-state index in [0.717, 1.165) is 6.42 Å². The van der Waals surface area contributed by atoms with Gasteiger partial charge in [-0.25, -0.2) is 0 Å². The summed E-state index contributed by atoms with van der Waals surface area (Å²) in [5, 5.41) is 0. The standard InChI is InChI=1S/C10H16O/c1-3-5-6-7-8-9-10(11)4-2/h4,7-8H,2-3,5-6,9H2,1H3/b8-7+. The average molecular weight is 152 g/mol. The van der Waals surface area contributed by atoms with Gasteiger partial charge < -0.3 is 0 Å². The Morgan fingerprint density at radius 2 is 2.18 bits per heavy atom. The first kappa shape index (κ1) is 10.2. The minimum absolute atomic E-state index is 0.0951. The summed E-state index contributed by atoms with van der Waals surface area (Å²) in [6, 6.07) is 0. The average Bonchev–Trinajstić information content (AvgIpc) is 2.04. The van der Waals surface area contributed by atoms with Gasteiger partial charge in [0.15, 0.2) is 5.78 Å². The molecule has 0 N–H and O–H groups in total. The first-order chi connectivity index (χ1) is 5.31. The summed E-state index contributed by atoms with van der Waals surface area (Å²) in [5.74, 6) is 0.0951. The second-order valence-electron chi connectivity index (χ2n) is 2.49. The molecule has 62 valence electrons. The summed E-state index contributed by atoms with van der Waals surface area (Å²) < 4.78 is 0. The quantitative estimate of drug-likeness (QED) is 0.325. The Labute approximate surface area is 68.8 Å². The Kier molecular flexibility index (Phi) is 6.70. The van der Waals surface area contributed by atoms with Crippen LogP contribution in [0, 0.1) is 0 Å². The fourth-order valence-electron chi connectivity index (χ4n) is 0.723. The van der Waals surface area contributed by atoms with Crippen LogP contribution in [0.3, 0.4) is 0 Å². The summed E-state index contributed by atoms with van der Waals surface area (Å²) in [6.07, 6.45) is 9.35. The highest BCUT2D eigenvalue weighted by Crippen LogP contribution is 1.96. The van der Waals surface area contributed by atoms with Crippen molar-refractivity contribution in [2.45, 2.75) is 32.6 Å². The fraction of sp³-hybridized carbons (Fsp3) is 0.500. The zero-order valence-electron chi connectivity index (χ0n) is 7.18. The summed E-state index contributed by atoms with van der Waals surface area (Å²) in [5.41, 5.74) is 0. The lowest BCUT2D eigenvalue weighted by atomic mass is 10.2. The van der Waals surface area contributed by atoms with Crippen molar-refractivity contribution in [2.24, 2.45) is 0 Å². The molecule has 0 bridgehead atoms. The lowest BCUT2D eigenvalue weighted by Crippen LogP contribution is -1.86. The smallest absolute Gasteiger partial charge is 0.158 e. The molecule has 0 aromatic rings. The maximum absolute atomic E-state index is 10.7. The van der Waals surface area contributed by atoms with Crippen LogP contribution in [-0.4, -0.2) is 5.78 Å². The number of allylic oxidation sites excluding steroid dienone is 3. The van der Waals surface area contributed by atoms with Gasteiger partial charge in [-0.15, -0.1) is 0 Å². The van der Waals surface area contributed by atoms with Crippen LogP contribution < -0.4 is 0 Å². The minimum Gasteiger partial charge on any atom is -0.295 e. The molecule has 0 radical (unpaired) electrons. The molecule has 0 aliphatic carbocycles. The molecule has 0 saturated carbocycles. The Hall–Kier alpha value is -0.850. The minimum atomic E-state index is 0.0951. The number of hydrogen-bond donors (Lipinski definition) is 0. The zero-order chi connectivity index (χ0) is 8.53. The molecule has 0 amide bonds. The maximum Gasteiger partial charge on any atom is 0.158 e. The second kappa shape index (κ2) is 7.26. The van der Waals surface area contributed by atoms with Crippen LogP contribution in [0.1, 0.15) is 32.6 Å². The number of ketones is 1. The van der Waals surface area contributed by atoms with Gasteiger partial charge in [-0.2, -0.15) is 0 Å². The third-order valence-corrected chi connectivity index (χ3v) is 1.44. The molecule has 1 nitrogen and oxygen atoms in total. The molecule has 0 saturated heterocycles. The Morgan fingerprint density at radius 3 is 2.73 bits per heavy atom. The molecule has 0 atom stereocenters. The highest BCUT2D eigenvalue weighted by atomic mass is 16.1. The molecule has 0 rings (SSSR count). The third-order valence-electron chi connectivity index (χ3n) is 1.44. The van der Waals surface area contributed by atoms with Gasteiger partial charge in [0.2, 0.25) is 0 Å². The SMILES string of the molecule is C=CC(=O)C/C=C/CCCC. The molecule has 0 aliphatic rings. The zero-order valence-corrected chi connectivity index (χ0v) is 7.18. The highest BCUT2D eigenvalue weighted by Gasteiger charge is 1.87. The largest absolute Gasteiger partial charge is 0.295 e. The van der Waals surface area contributed by atoms with E-state index < -0.39 is 0 Å². The van der Waals surface area contributed by atoms with Crippen molar-refractivity contribution in [3.05, 3.63) is 24.8 Å². The summed E-state index contributed by atoms with van der Waals surface area (Å²) >= 11 is 0. The van der Waals surface area contributed by atoms with Crippen molar-refractivity contribution in [1.82, 2.24) is 0 Å². The molecule has 11 heavy (non-hydrogen) atoms. The van der Waals surface area contributed by atoms with E-state index >= 15 is 0 Å². The van der Waals surface area contributed by atoms with Crippen molar-refractivity contribution in [3.8, 4) is 0 Å². The van der Waals surface area contributed by atoms with Gasteiger partial charge in [0, 0.05) is 6.42 Å². The van der Waals surface area contributed by atoms with Crippen molar-refractivity contribution >= 4 is 5.78 Å². The van der Waals surface area contributed by atoms with E-state index in [1.54, 1.807) is 0 Å². The molecule has 0 heterocycles. The van der Waals surface area contributed by atoms with Crippen LogP contribution >= 0.6 is 0 Å². The van der Waals surface area contributed by atoms with Crippen LogP contribution in [0.2, 0.25) is 0 Å². The Bertz CT molecular complexity index is 145. The summed E-state index contributed by atoms with van der Waals surface area (Å²) in [6.45, 7) is 5.55. The van der Waals surface area contributed by atoms with E-state index in [4.69, 9.17) is 0 Å². The number of rotatable bonds is 6. The third kappa shape index (κ3) is 7.04. The lowest BCUT2D eigenvalue weighted by molar-refractivity contribution is -0.113. The van der Waals surface area contributed by atoms with Gasteiger partial charge >= 0.3 is 0 Å². The maximum atomic E-state index is 10.7. The lowest BCUT2D eigenvalue weighted by Gasteiger charge is -1.87. The number of hydrogen-bond acceptors (Lipinski definition) is 1. The van der Waals surface area contributed by atoms with Crippen LogP contribution in [0.25, 0.3) is 0 Å². The fourth-order valence-corrected chi connectivity index (χ4v) is 0.723. The number of carbonyl (C=O) groups excluding carboxylic acids is 1. The van der Waals surface area contributed by atoms with Crippen molar-refractivity contribution < 1.29 is 4.79 Å². The van der Waals surface area contributed by atoms with Gasteiger partial charge in [0.25, 0.3) is 0 Å². The van der Waals surface area contributed by atoms with Gasteiger partial charge in [-0.3, -0.25) is 4.79 Å². The molecular weight excluding hydrogens is 136 g/mol. The van der Waals surface area contributed by atoms with E-state index in [9.17, 15) is 4.79 Å². The molecule has 1 heteroatoms. The van der Waals surface area contributed by atoms with Crippen molar-refractivity contribution in [1.29, 1.82) is 0 Å². The van der Waals surface area contributed by atoms with Gasteiger partial charge in [0.05, 0.1) is 0 Å². The van der Waals surface area contributed by atoms with E-state index in [-0.39, 0.29) is 5.78 Å². The monoisotopic (exact) mass is 152 g/mol. The summed E-state index contributed by atoms with van der Waals surface area (Å²) in [4.78, 5) is 10.7.